The first kappa shape index (κ1) is 10.2. The molecule has 0 aromatic heterocycles. The second-order valence-electron chi connectivity index (χ2n) is 2.58. The molecule has 1 aromatic rings. The van der Waals surface area contributed by atoms with Gasteiger partial charge in [0.05, 0.1) is 12.7 Å². The van der Waals surface area contributed by atoms with Gasteiger partial charge in [-0.3, -0.25) is 4.79 Å². The van der Waals surface area contributed by atoms with Crippen LogP contribution in [0, 0.1) is 0 Å². The lowest BCUT2D eigenvalue weighted by Gasteiger charge is -2.02. The van der Waals surface area contributed by atoms with Crippen LogP contribution in [0.4, 0.5) is 0 Å². The summed E-state index contributed by atoms with van der Waals surface area (Å²) in [4.78, 5) is 21.1. The van der Waals surface area contributed by atoms with E-state index in [1.807, 2.05) is 6.92 Å². The van der Waals surface area contributed by atoms with E-state index in [9.17, 15) is 9.59 Å². The molecule has 1 aromatic carbocycles. The van der Waals surface area contributed by atoms with E-state index in [4.69, 9.17) is 4.74 Å². The number of rotatable bonds is 4. The summed E-state index contributed by atoms with van der Waals surface area (Å²) in [6.07, 6.45) is 0.871. The third kappa shape index (κ3) is 2.57. The quantitative estimate of drug-likeness (QED) is 0.412. The van der Waals surface area contributed by atoms with Crippen molar-refractivity contribution in [2.75, 3.05) is 6.61 Å². The van der Waals surface area contributed by atoms with Crippen LogP contribution in [0.15, 0.2) is 30.3 Å². The van der Waals surface area contributed by atoms with Crippen molar-refractivity contribution in [3.63, 3.8) is 0 Å². The molecule has 0 unspecified atom stereocenters. The molecule has 0 aliphatic carbocycles. The fourth-order valence-electron chi connectivity index (χ4n) is 1.02. The van der Waals surface area contributed by atoms with Gasteiger partial charge in [0, 0.05) is 5.56 Å². The van der Waals surface area contributed by atoms with Crippen LogP contribution in [0.5, 0.6) is 5.75 Å². The molecule has 0 atom stereocenters. The third-order valence-electron chi connectivity index (χ3n) is 1.64. The zero-order valence-electron chi connectivity index (χ0n) is 7.82. The first-order chi connectivity index (χ1) is 6.77. The van der Waals surface area contributed by atoms with Crippen LogP contribution in [0.2, 0.25) is 0 Å². The molecule has 0 aliphatic heterocycles. The van der Waals surface area contributed by atoms with Gasteiger partial charge in [-0.25, -0.2) is 4.79 Å². The second-order valence-corrected chi connectivity index (χ2v) is 2.58. The Bertz CT molecular complexity index is 359. The highest BCUT2D eigenvalue weighted by Crippen LogP contribution is 2.12. The van der Waals surface area contributed by atoms with Crippen LogP contribution in [0.3, 0.4) is 0 Å². The maximum absolute atomic E-state index is 11.2. The number of benzene rings is 1. The normalized spacial score (nSPS) is 8.93. The minimum Gasteiger partial charge on any atom is -0.494 e. The monoisotopic (exact) mass is 190 g/mol. The zero-order valence-corrected chi connectivity index (χ0v) is 7.82. The fourth-order valence-corrected chi connectivity index (χ4v) is 1.02. The number of carbonyl (C=O) groups excluding carboxylic acids is 2. The van der Waals surface area contributed by atoms with Crippen molar-refractivity contribution < 1.29 is 14.3 Å². The van der Waals surface area contributed by atoms with Crippen molar-refractivity contribution in [2.45, 2.75) is 6.92 Å². The molecule has 1 rings (SSSR count). The average Bonchev–Trinajstić information content (AvgIpc) is 2.20. The minimum absolute atomic E-state index is 0.344. The Balaban J connectivity index is 2.82. The van der Waals surface area contributed by atoms with E-state index in [0.29, 0.717) is 17.9 Å². The van der Waals surface area contributed by atoms with E-state index in [1.165, 1.54) is 5.94 Å². The van der Waals surface area contributed by atoms with Gasteiger partial charge < -0.3 is 4.74 Å². The van der Waals surface area contributed by atoms with Crippen molar-refractivity contribution in [1.29, 1.82) is 0 Å². The summed E-state index contributed by atoms with van der Waals surface area (Å²) in [5.74, 6) is 1.81. The van der Waals surface area contributed by atoms with E-state index in [0.717, 1.165) is 6.08 Å². The van der Waals surface area contributed by atoms with E-state index in [1.54, 1.807) is 24.3 Å². The van der Waals surface area contributed by atoms with Gasteiger partial charge in [-0.2, -0.15) is 0 Å². The number of allylic oxidation sites excluding steroid dienone is 1. The van der Waals surface area contributed by atoms with Crippen LogP contribution in [0.1, 0.15) is 17.3 Å². The summed E-state index contributed by atoms with van der Waals surface area (Å²) in [5, 5.41) is 0. The summed E-state index contributed by atoms with van der Waals surface area (Å²) in [7, 11) is 0. The largest absolute Gasteiger partial charge is 0.494 e. The van der Waals surface area contributed by atoms with Gasteiger partial charge >= 0.3 is 0 Å². The molecule has 0 spiro atoms. The van der Waals surface area contributed by atoms with Crippen LogP contribution in [-0.4, -0.2) is 18.3 Å². The highest BCUT2D eigenvalue weighted by atomic mass is 16.5. The van der Waals surface area contributed by atoms with Crippen LogP contribution >= 0.6 is 0 Å². The van der Waals surface area contributed by atoms with Gasteiger partial charge in [-0.05, 0) is 31.2 Å². The fraction of sp³-hybridized carbons (Fsp3) is 0.182. The summed E-state index contributed by atoms with van der Waals surface area (Å²) >= 11 is 0. The molecular weight excluding hydrogens is 180 g/mol. The second kappa shape index (κ2) is 5.00. The van der Waals surface area contributed by atoms with Gasteiger partial charge in [-0.1, -0.05) is 0 Å². The van der Waals surface area contributed by atoms with Crippen LogP contribution in [-0.2, 0) is 4.79 Å². The molecular formula is C11H10O3. The van der Waals surface area contributed by atoms with Crippen molar-refractivity contribution in [2.24, 2.45) is 0 Å². The van der Waals surface area contributed by atoms with Gasteiger partial charge in [0.1, 0.15) is 11.7 Å². The molecule has 0 N–H and O–H groups in total. The number of hydrogen-bond acceptors (Lipinski definition) is 3. The molecule has 3 heteroatoms. The SMILES string of the molecule is CCOc1ccc(C(=O)C=C=O)cc1. The standard InChI is InChI=1S/C11H10O3/c1-2-14-10-5-3-9(4-6-10)11(13)7-8-12/h3-7H,2H2,1H3. The molecule has 0 aliphatic rings. The molecule has 14 heavy (non-hydrogen) atoms. The van der Waals surface area contributed by atoms with Gasteiger partial charge in [0.25, 0.3) is 0 Å². The number of ketones is 1. The van der Waals surface area contributed by atoms with Crippen molar-refractivity contribution in [3.8, 4) is 5.75 Å². The summed E-state index contributed by atoms with van der Waals surface area (Å²) in [5.41, 5.74) is 0.455. The molecule has 0 fully saturated rings. The number of carbonyl (C=O) groups is 1. The molecule has 3 nitrogen and oxygen atoms in total. The molecule has 0 bridgehead atoms. The smallest absolute Gasteiger partial charge is 0.196 e. The maximum Gasteiger partial charge on any atom is 0.196 e. The lowest BCUT2D eigenvalue weighted by atomic mass is 10.1. The predicted molar refractivity (Wildman–Crippen MR) is 52.2 cm³/mol. The topological polar surface area (TPSA) is 43.4 Å². The Morgan fingerprint density at radius 3 is 2.57 bits per heavy atom. The Kier molecular flexibility index (Phi) is 3.65. The van der Waals surface area contributed by atoms with Crippen molar-refractivity contribution in [3.05, 3.63) is 35.9 Å². The predicted octanol–water partition coefficient (Wildman–Crippen LogP) is 1.66. The summed E-state index contributed by atoms with van der Waals surface area (Å²) in [6, 6.07) is 6.60. The van der Waals surface area contributed by atoms with Gasteiger partial charge in [0.15, 0.2) is 5.78 Å². The molecule has 0 heterocycles. The molecule has 0 saturated heterocycles. The van der Waals surface area contributed by atoms with E-state index < -0.39 is 0 Å². The highest BCUT2D eigenvalue weighted by Gasteiger charge is 2.01. The maximum atomic E-state index is 11.2. The van der Waals surface area contributed by atoms with E-state index in [-0.39, 0.29) is 5.78 Å². The van der Waals surface area contributed by atoms with Gasteiger partial charge in [-0.15, -0.1) is 0 Å². The number of hydrogen-bond donors (Lipinski definition) is 0. The van der Waals surface area contributed by atoms with Crippen molar-refractivity contribution >= 4 is 11.7 Å². The Morgan fingerprint density at radius 1 is 1.43 bits per heavy atom. The zero-order chi connectivity index (χ0) is 10.4. The lowest BCUT2D eigenvalue weighted by Crippen LogP contribution is -1.95. The first-order valence-corrected chi connectivity index (χ1v) is 4.26. The van der Waals surface area contributed by atoms with Crippen LogP contribution < -0.4 is 4.74 Å². The first-order valence-electron chi connectivity index (χ1n) is 4.26. The Morgan fingerprint density at radius 2 is 2.07 bits per heavy atom. The lowest BCUT2D eigenvalue weighted by molar-refractivity contribution is 0.104. The summed E-state index contributed by atoms with van der Waals surface area (Å²) < 4.78 is 5.20. The molecule has 0 amide bonds. The minimum atomic E-state index is -0.344. The number of ether oxygens (including phenoxy) is 1. The van der Waals surface area contributed by atoms with Crippen molar-refractivity contribution in [1.82, 2.24) is 0 Å². The van der Waals surface area contributed by atoms with Crippen LogP contribution in [0.25, 0.3) is 0 Å². The molecule has 0 radical (unpaired) electrons. The third-order valence-corrected chi connectivity index (χ3v) is 1.64. The Hall–Kier alpha value is -1.86. The van der Waals surface area contributed by atoms with E-state index in [2.05, 4.69) is 0 Å². The van der Waals surface area contributed by atoms with E-state index >= 15 is 0 Å². The summed E-state index contributed by atoms with van der Waals surface area (Å²) in [6.45, 7) is 2.47. The molecule has 72 valence electrons. The highest BCUT2D eigenvalue weighted by molar-refractivity contribution is 6.08. The Labute approximate surface area is 82.0 Å². The van der Waals surface area contributed by atoms with Gasteiger partial charge in [0.2, 0.25) is 0 Å². The average molecular weight is 190 g/mol. The molecule has 0 saturated carbocycles.